The van der Waals surface area contributed by atoms with Gasteiger partial charge in [-0.2, -0.15) is 5.10 Å². The number of rotatable bonds is 8. The van der Waals surface area contributed by atoms with E-state index in [1.165, 1.54) is 6.33 Å². The van der Waals surface area contributed by atoms with Gasteiger partial charge in [-0.05, 0) is 35.4 Å². The maximum atomic E-state index is 12.8. The van der Waals surface area contributed by atoms with Crippen molar-refractivity contribution in [3.8, 4) is 5.75 Å². The smallest absolute Gasteiger partial charge is 0.251 e. The molecule has 3 aromatic rings. The molecule has 1 aromatic heterocycles. The summed E-state index contributed by atoms with van der Waals surface area (Å²) in [6.07, 6.45) is 3.18. The van der Waals surface area contributed by atoms with Crippen LogP contribution in [0, 0.1) is 0 Å². The van der Waals surface area contributed by atoms with E-state index < -0.39 is 0 Å². The van der Waals surface area contributed by atoms with Crippen LogP contribution in [0.15, 0.2) is 61.2 Å². The Morgan fingerprint density at radius 2 is 1.87 bits per heavy atom. The maximum Gasteiger partial charge on any atom is 0.251 e. The molecule has 0 radical (unpaired) electrons. The van der Waals surface area contributed by atoms with Crippen LogP contribution in [0.3, 0.4) is 0 Å². The molecule has 1 aliphatic heterocycles. The molecule has 0 aliphatic carbocycles. The van der Waals surface area contributed by atoms with E-state index in [2.05, 4.69) is 32.4 Å². The first-order valence-corrected chi connectivity index (χ1v) is 10.4. The number of carbonyl (C=O) groups is 1. The number of nitrogens with zero attached hydrogens (tertiary/aromatic N) is 4. The first kappa shape index (κ1) is 21.0. The third-order valence-corrected chi connectivity index (χ3v) is 5.47. The van der Waals surface area contributed by atoms with E-state index >= 15 is 0 Å². The summed E-state index contributed by atoms with van der Waals surface area (Å²) in [5, 5.41) is 7.22. The van der Waals surface area contributed by atoms with Crippen LogP contribution in [0.1, 0.15) is 27.5 Å². The van der Waals surface area contributed by atoms with Gasteiger partial charge < -0.3 is 14.8 Å². The standard InChI is InChI=1S/C23H27N5O3/c1-30-21-8-6-19(7-9-21)22(27-10-12-31-13-11-27)14-25-23(29)20-4-2-18(3-5-20)15-28-17-24-16-26-28/h2-9,16-17,22H,10-15H2,1H3,(H,25,29). The van der Waals surface area contributed by atoms with Gasteiger partial charge in [-0.25, -0.2) is 9.67 Å². The zero-order valence-corrected chi connectivity index (χ0v) is 17.6. The third kappa shape index (κ3) is 5.48. The zero-order valence-electron chi connectivity index (χ0n) is 17.6. The molecule has 0 bridgehead atoms. The van der Waals surface area contributed by atoms with Crippen LogP contribution in [-0.4, -0.2) is 65.5 Å². The molecule has 31 heavy (non-hydrogen) atoms. The third-order valence-electron chi connectivity index (χ3n) is 5.47. The highest BCUT2D eigenvalue weighted by Crippen LogP contribution is 2.24. The summed E-state index contributed by atoms with van der Waals surface area (Å²) < 4.78 is 12.5. The number of carbonyl (C=O) groups excluding carboxylic acids is 1. The number of aromatic nitrogens is 3. The summed E-state index contributed by atoms with van der Waals surface area (Å²) in [6.45, 7) is 4.22. The Hall–Kier alpha value is -3.23. The number of hydrogen-bond donors (Lipinski definition) is 1. The van der Waals surface area contributed by atoms with Crippen LogP contribution in [-0.2, 0) is 11.3 Å². The van der Waals surface area contributed by atoms with Crippen molar-refractivity contribution in [1.29, 1.82) is 0 Å². The Kier molecular flexibility index (Phi) is 6.91. The molecule has 1 saturated heterocycles. The predicted molar refractivity (Wildman–Crippen MR) is 116 cm³/mol. The number of nitrogens with one attached hydrogen (secondary N) is 1. The average molecular weight is 422 g/mol. The average Bonchev–Trinajstić information content (AvgIpc) is 3.34. The second-order valence-corrected chi connectivity index (χ2v) is 7.44. The van der Waals surface area contributed by atoms with Crippen molar-refractivity contribution in [2.24, 2.45) is 0 Å². The number of morpholine rings is 1. The largest absolute Gasteiger partial charge is 0.497 e. The minimum absolute atomic E-state index is 0.0744. The number of methoxy groups -OCH3 is 1. The fourth-order valence-electron chi connectivity index (χ4n) is 3.73. The van der Waals surface area contributed by atoms with Gasteiger partial charge in [0.15, 0.2) is 0 Å². The van der Waals surface area contributed by atoms with Crippen LogP contribution in [0.4, 0.5) is 0 Å². The van der Waals surface area contributed by atoms with E-state index in [1.54, 1.807) is 18.1 Å². The second-order valence-electron chi connectivity index (χ2n) is 7.44. The number of ether oxygens (including phenoxy) is 2. The molecule has 2 heterocycles. The molecule has 1 unspecified atom stereocenters. The van der Waals surface area contributed by atoms with Crippen LogP contribution >= 0.6 is 0 Å². The molecule has 8 nitrogen and oxygen atoms in total. The lowest BCUT2D eigenvalue weighted by Crippen LogP contribution is -2.43. The van der Waals surface area contributed by atoms with Gasteiger partial charge in [0, 0.05) is 25.2 Å². The number of benzene rings is 2. The predicted octanol–water partition coefficient (Wildman–Crippen LogP) is 2.14. The van der Waals surface area contributed by atoms with Gasteiger partial charge in [0.1, 0.15) is 18.4 Å². The highest BCUT2D eigenvalue weighted by molar-refractivity contribution is 5.94. The molecule has 0 spiro atoms. The fraction of sp³-hybridized carbons (Fsp3) is 0.348. The molecule has 162 valence electrons. The van der Waals surface area contributed by atoms with Crippen LogP contribution in [0.5, 0.6) is 5.75 Å². The van der Waals surface area contributed by atoms with Crippen molar-refractivity contribution >= 4 is 5.91 Å². The van der Waals surface area contributed by atoms with Crippen molar-refractivity contribution < 1.29 is 14.3 Å². The number of amides is 1. The minimum atomic E-state index is -0.0842. The van der Waals surface area contributed by atoms with Gasteiger partial charge in [0.25, 0.3) is 5.91 Å². The molecular formula is C23H27N5O3. The van der Waals surface area contributed by atoms with Crippen molar-refractivity contribution in [3.63, 3.8) is 0 Å². The molecule has 1 atom stereocenters. The van der Waals surface area contributed by atoms with Crippen LogP contribution in [0.25, 0.3) is 0 Å². The summed E-state index contributed by atoms with van der Waals surface area (Å²) >= 11 is 0. The lowest BCUT2D eigenvalue weighted by Gasteiger charge is -2.35. The molecule has 4 rings (SSSR count). The Labute approximate surface area is 181 Å². The van der Waals surface area contributed by atoms with E-state index in [9.17, 15) is 4.79 Å². The van der Waals surface area contributed by atoms with Gasteiger partial charge >= 0.3 is 0 Å². The summed E-state index contributed by atoms with van der Waals surface area (Å²) in [7, 11) is 1.66. The molecule has 2 aromatic carbocycles. The van der Waals surface area contributed by atoms with Gasteiger partial charge in [0.2, 0.25) is 0 Å². The maximum absolute atomic E-state index is 12.8. The highest BCUT2D eigenvalue weighted by Gasteiger charge is 2.23. The van der Waals surface area contributed by atoms with Gasteiger partial charge in [-0.15, -0.1) is 0 Å². The van der Waals surface area contributed by atoms with E-state index in [-0.39, 0.29) is 11.9 Å². The zero-order chi connectivity index (χ0) is 21.5. The fourth-order valence-corrected chi connectivity index (χ4v) is 3.73. The van der Waals surface area contributed by atoms with Gasteiger partial charge in [-0.3, -0.25) is 9.69 Å². The van der Waals surface area contributed by atoms with E-state index in [4.69, 9.17) is 9.47 Å². The van der Waals surface area contributed by atoms with Gasteiger partial charge in [0.05, 0.1) is 32.9 Å². The highest BCUT2D eigenvalue weighted by atomic mass is 16.5. The second kappa shape index (κ2) is 10.2. The monoisotopic (exact) mass is 421 g/mol. The van der Waals surface area contributed by atoms with Crippen molar-refractivity contribution in [1.82, 2.24) is 25.0 Å². The molecule has 1 N–H and O–H groups in total. The minimum Gasteiger partial charge on any atom is -0.497 e. The molecule has 0 saturated carbocycles. The number of hydrogen-bond acceptors (Lipinski definition) is 6. The topological polar surface area (TPSA) is 81.5 Å². The van der Waals surface area contributed by atoms with Crippen molar-refractivity contribution in [3.05, 3.63) is 77.9 Å². The SMILES string of the molecule is COc1ccc(C(CNC(=O)c2ccc(Cn3cncn3)cc2)N2CCOCC2)cc1. The van der Waals surface area contributed by atoms with E-state index in [0.717, 1.165) is 30.0 Å². The quantitative estimate of drug-likeness (QED) is 0.600. The summed E-state index contributed by atoms with van der Waals surface area (Å²) in [4.78, 5) is 19.1. The summed E-state index contributed by atoms with van der Waals surface area (Å²) in [5.74, 6) is 0.735. The summed E-state index contributed by atoms with van der Waals surface area (Å²) in [6, 6.07) is 15.7. The normalized spacial score (nSPS) is 15.4. The molecule has 1 amide bonds. The summed E-state index contributed by atoms with van der Waals surface area (Å²) in [5.41, 5.74) is 2.84. The van der Waals surface area contributed by atoms with Crippen LogP contribution < -0.4 is 10.1 Å². The van der Waals surface area contributed by atoms with Gasteiger partial charge in [-0.1, -0.05) is 24.3 Å². The Morgan fingerprint density at radius 3 is 2.52 bits per heavy atom. The first-order valence-electron chi connectivity index (χ1n) is 10.4. The van der Waals surface area contributed by atoms with Crippen molar-refractivity contribution in [2.75, 3.05) is 40.0 Å². The Morgan fingerprint density at radius 1 is 1.13 bits per heavy atom. The lowest BCUT2D eigenvalue weighted by atomic mass is 10.0. The molecule has 1 aliphatic rings. The Bertz CT molecular complexity index is 952. The van der Waals surface area contributed by atoms with Crippen LogP contribution in [0.2, 0.25) is 0 Å². The van der Waals surface area contributed by atoms with E-state index in [0.29, 0.717) is 31.9 Å². The first-order chi connectivity index (χ1) is 15.2. The Balaban J connectivity index is 1.41. The van der Waals surface area contributed by atoms with E-state index in [1.807, 2.05) is 36.4 Å². The molecular weight excluding hydrogens is 394 g/mol. The van der Waals surface area contributed by atoms with Crippen molar-refractivity contribution in [2.45, 2.75) is 12.6 Å². The molecule has 8 heteroatoms. The lowest BCUT2D eigenvalue weighted by molar-refractivity contribution is 0.0162. The molecule has 1 fully saturated rings.